The lowest BCUT2D eigenvalue weighted by Crippen LogP contribution is -3.00. The number of likely N-dealkylation sites (N-methyl/N-ethyl adjacent to an activating group) is 1. The lowest BCUT2D eigenvalue weighted by molar-refractivity contribution is -0.737. The number of nitrogens with two attached hydrogens (primary N) is 1. The van der Waals surface area contributed by atoms with Crippen LogP contribution < -0.4 is 132 Å². The summed E-state index contributed by atoms with van der Waals surface area (Å²) in [5.41, 5.74) is 19.6. The Hall–Kier alpha value is -12.1. The number of rotatable bonds is 23. The summed E-state index contributed by atoms with van der Waals surface area (Å²) in [5.74, 6) is 3.53. The van der Waals surface area contributed by atoms with E-state index in [0.29, 0.717) is 54.4 Å². The van der Waals surface area contributed by atoms with Gasteiger partial charge in [-0.25, -0.2) is 44.4 Å². The molecule has 13 aromatic rings. The van der Waals surface area contributed by atoms with Gasteiger partial charge in [-0.15, -0.1) is 4.68 Å². The number of methoxy groups -OCH3 is 2. The highest BCUT2D eigenvalue weighted by Gasteiger charge is 2.22. The van der Waals surface area contributed by atoms with E-state index in [-0.39, 0.29) is 57.1 Å². The molecule has 14 rings (SSSR count). The fourth-order valence-corrected chi connectivity index (χ4v) is 13.3. The molecule has 39 nitrogen and oxygen atoms in total. The molecule has 0 bridgehead atoms. The Morgan fingerprint density at radius 1 is 0.541 bits per heavy atom. The lowest BCUT2D eigenvalue weighted by Gasteiger charge is -2.27. The standard InChI is InChI=1S/C17H20N5.C14H16N5S.C13H17N5O2.C13H15N4OS.C13H17N4S.C11H14N5S.2CH4O4S.CH4.4ClH/c1-20(2)14-11-9-13(10-12-14)18-19-17-15-7-5-6-8-16(15)21(3)22(17)4;1-18(9-3-8-15)13-6-4-12(5-7-13)16-17-14-19(2)10-11-20-14;1-17-5-6-18(2)13(17)16-15-10-8-11(19-3)9(14)7-12(10)20-4;1-16-5-7-18-12-9-10(3-4-11(12)16)14-15-13-17(2)6-8-19-13;1-4-17-9-10-18-13(17)15-14-11-5-7-12(8-6-11)16(2)3;1-15(2)10-6-4-9(5-7-10)13-14-11-16(3)12-8-17-11;2*1-6(3,4)5-2;;;;;/h5-12H,1-4H3;4-7,10-11H,3,9H2,1-2H3;5-8,14H,1-4H3;3-4,6,8-9H,5,7H2,1-2H3;5-10H,4H2,1-3H3;4-8H,1-3H3;2*2H,1H3;1H4;4*1H/q2*+1;;3*+1;;;;;;;/p-5. The van der Waals surface area contributed by atoms with Crippen LogP contribution in [0.2, 0.25) is 0 Å². The summed E-state index contributed by atoms with van der Waals surface area (Å²) >= 11 is 6.17. The van der Waals surface area contributed by atoms with Crippen LogP contribution in [0.25, 0.3) is 10.9 Å². The van der Waals surface area contributed by atoms with Crippen molar-refractivity contribution in [2.75, 3.05) is 133 Å². The number of nitrogens with zero attached hydrogens (tertiary/aromatic N) is 27. The summed E-state index contributed by atoms with van der Waals surface area (Å²) in [7, 11) is 25.4. The Labute approximate surface area is 816 Å². The third-order valence-electron chi connectivity index (χ3n) is 17.8. The molecule has 0 unspecified atom stereocenters. The SMILES string of the molecule is C.CC[n+]1ccsc1N=Nc1ccc(N(C)C)cc1.CN(C)c1ccc(N=Nc2c3ccccc3n(C)[n+]2C)cc1.CN(C)c1ccc(N=Nc2scn[n+]2C)cc1.CN(CCC#N)c1ccc(N=Nc2scc[n+]2C)cc1.CN1CCOc2cc(N=Nc3scc[n+]3C)ccc21.COc1cc(N=Nc2n(C)cc[n+]2C)c(OC)cc1N.CS(=O)(=O)O[O-].CS(=O)(=O)O[O-].[Cl-].[Cl-].[Cl-].[Cl-]. The highest BCUT2D eigenvalue weighted by Crippen LogP contribution is 2.38. The van der Waals surface area contributed by atoms with Crippen LogP contribution in [0.4, 0.5) is 101 Å². The maximum absolute atomic E-state index is 9.47. The van der Waals surface area contributed by atoms with E-state index in [4.69, 9.17) is 35.7 Å². The highest BCUT2D eigenvalue weighted by atomic mass is 35.5. The van der Waals surface area contributed by atoms with E-state index in [1.807, 2.05) is 306 Å². The van der Waals surface area contributed by atoms with Crippen LogP contribution in [0.15, 0.2) is 266 Å². The van der Waals surface area contributed by atoms with Gasteiger partial charge in [-0.2, -0.15) is 9.94 Å². The second kappa shape index (κ2) is 58.7. The number of para-hydroxylation sites is 1. The molecule has 133 heavy (non-hydrogen) atoms. The normalized spacial score (nSPS) is 11.2. The van der Waals surface area contributed by atoms with E-state index in [0.717, 1.165) is 120 Å². The minimum atomic E-state index is -3.72. The second-order valence-electron chi connectivity index (χ2n) is 27.9. The number of aryl methyl sites for hydroxylation is 7. The van der Waals surface area contributed by atoms with E-state index in [2.05, 4.69) is 131 Å². The number of nitrogen functional groups attached to an aromatic ring is 1. The lowest BCUT2D eigenvalue weighted by atomic mass is 10.2. The van der Waals surface area contributed by atoms with Gasteiger partial charge in [0.25, 0.3) is 20.2 Å². The topological polar surface area (TPSA) is 421 Å². The van der Waals surface area contributed by atoms with E-state index >= 15 is 0 Å². The first kappa shape index (κ1) is 117. The van der Waals surface area contributed by atoms with Gasteiger partial charge in [0.05, 0.1) is 141 Å². The number of fused-ring (bicyclic) bond motifs is 2. The summed E-state index contributed by atoms with van der Waals surface area (Å²) < 4.78 is 74.7. The molecule has 0 saturated heterocycles. The van der Waals surface area contributed by atoms with Gasteiger partial charge < -0.3 is 113 Å². The molecular weight excluding hydrogens is 1910 g/mol. The van der Waals surface area contributed by atoms with Crippen molar-refractivity contribution in [3.05, 3.63) is 204 Å². The van der Waals surface area contributed by atoms with Crippen LogP contribution in [-0.4, -0.2) is 134 Å². The highest BCUT2D eigenvalue weighted by molar-refractivity contribution is 7.86. The predicted octanol–water partition coefficient (Wildman–Crippen LogP) is 2.62. The van der Waals surface area contributed by atoms with Crippen molar-refractivity contribution in [3.8, 4) is 23.3 Å². The molecule has 0 radical (unpaired) electrons. The maximum Gasteiger partial charge on any atom is 0.429 e. The molecule has 7 heterocycles. The number of azo groups is 6. The van der Waals surface area contributed by atoms with Gasteiger partial charge in [0.15, 0.2) is 0 Å². The Morgan fingerprint density at radius 2 is 0.985 bits per heavy atom. The zero-order valence-electron chi connectivity index (χ0n) is 76.3. The van der Waals surface area contributed by atoms with Crippen LogP contribution in [-0.2, 0) is 84.8 Å². The smallest absolute Gasteiger partial charge is 0.429 e. The van der Waals surface area contributed by atoms with Crippen LogP contribution in [0.1, 0.15) is 20.8 Å². The van der Waals surface area contributed by atoms with Gasteiger partial charge in [-0.3, -0.25) is 0 Å². The molecule has 1 aliphatic heterocycles. The van der Waals surface area contributed by atoms with Gasteiger partial charge in [0.2, 0.25) is 0 Å². The monoisotopic (exact) mass is 2020 g/mol. The zero-order chi connectivity index (χ0) is 93.6. The molecule has 1 aliphatic rings. The third-order valence-corrected chi connectivity index (χ3v) is 21.6. The third kappa shape index (κ3) is 38.2. The van der Waals surface area contributed by atoms with E-state index in [9.17, 15) is 16.8 Å². The number of aromatic nitrogens is 9. The number of hydrogen-bond acceptors (Lipinski definition) is 35. The first-order valence-electron chi connectivity index (χ1n) is 38.7. The molecular formula is C84H110Cl4N28O11S6. The van der Waals surface area contributed by atoms with Crippen LogP contribution in [0.5, 0.6) is 17.2 Å². The predicted molar refractivity (Wildman–Crippen MR) is 500 cm³/mol. The van der Waals surface area contributed by atoms with Crippen molar-refractivity contribution < 1.29 is 127 Å². The Morgan fingerprint density at radius 3 is 1.41 bits per heavy atom. The first-order chi connectivity index (χ1) is 61.1. The number of benzene rings is 7. The average molecular weight is 2020 g/mol. The molecule has 7 aromatic carbocycles. The number of hydrogen-bond donors (Lipinski definition) is 1. The molecule has 6 aromatic heterocycles. The number of nitriles is 1. The zero-order valence-corrected chi connectivity index (χ0v) is 84.2. The molecule has 0 spiro atoms. The van der Waals surface area contributed by atoms with Crippen LogP contribution in [0, 0.1) is 11.3 Å². The molecule has 0 amide bonds. The maximum atomic E-state index is 9.47. The Bertz CT molecular complexity index is 6120. The minimum Gasteiger partial charge on any atom is -1.00 e. The molecule has 716 valence electrons. The van der Waals surface area contributed by atoms with Crippen LogP contribution in [0.3, 0.4) is 0 Å². The molecule has 2 N–H and O–H groups in total. The van der Waals surface area contributed by atoms with E-state index in [1.165, 1.54) is 11.3 Å². The second-order valence-corrected chi connectivity index (χ2v) is 34.4. The van der Waals surface area contributed by atoms with Gasteiger partial charge in [-0.1, -0.05) is 29.8 Å². The fourth-order valence-electron chi connectivity index (χ4n) is 10.7. The van der Waals surface area contributed by atoms with E-state index in [1.54, 1.807) is 70.6 Å². The molecule has 0 atom stereocenters. The largest absolute Gasteiger partial charge is 1.00 e. The summed E-state index contributed by atoms with van der Waals surface area (Å²) in [6, 6.07) is 51.4. The van der Waals surface area contributed by atoms with Gasteiger partial charge in [0.1, 0.15) is 96.2 Å². The number of anilines is 6. The van der Waals surface area contributed by atoms with Gasteiger partial charge >= 0.3 is 32.3 Å². The molecule has 0 aliphatic carbocycles. The Kier molecular flexibility index (Phi) is 51.6. The molecule has 0 fully saturated rings. The van der Waals surface area contributed by atoms with E-state index < -0.39 is 20.2 Å². The number of halogens is 4. The number of imidazole rings is 1. The fraction of sp³-hybridized carbons (Fsp3) is 0.310. The van der Waals surface area contributed by atoms with Crippen molar-refractivity contribution in [3.63, 3.8) is 0 Å². The van der Waals surface area contributed by atoms with Crippen molar-refractivity contribution in [2.45, 2.75) is 27.3 Å². The van der Waals surface area contributed by atoms with Crippen molar-refractivity contribution in [1.82, 2.24) is 14.3 Å². The Balaban J connectivity index is 0.000000523. The molecule has 0 saturated carbocycles. The summed E-state index contributed by atoms with van der Waals surface area (Å²) in [6.07, 6.45) is 11.6. The average Bonchev–Trinajstić information content (AvgIpc) is 1.60. The van der Waals surface area contributed by atoms with Crippen molar-refractivity contribution in [2.24, 2.45) is 111 Å². The van der Waals surface area contributed by atoms with Gasteiger partial charge in [-0.05, 0) is 199 Å². The first-order valence-corrected chi connectivity index (χ1v) is 45.8. The van der Waals surface area contributed by atoms with Gasteiger partial charge in [0, 0.05) is 132 Å². The minimum absolute atomic E-state index is 0. The number of ether oxygens (including phenoxy) is 3. The summed E-state index contributed by atoms with van der Waals surface area (Å²) in [5, 5.41) is 91.9. The summed E-state index contributed by atoms with van der Waals surface area (Å²) in [6.45, 7) is 5.36. The molecule has 49 heteroatoms. The van der Waals surface area contributed by atoms with Crippen LogP contribution >= 0.6 is 45.3 Å². The van der Waals surface area contributed by atoms with Crippen molar-refractivity contribution >= 4 is 177 Å². The summed E-state index contributed by atoms with van der Waals surface area (Å²) in [4.78, 5) is 10.4. The van der Waals surface area contributed by atoms with Crippen molar-refractivity contribution in [1.29, 1.82) is 5.26 Å². The number of thiazole rings is 3. The quantitative estimate of drug-likeness (QED) is 0.0316.